The summed E-state index contributed by atoms with van der Waals surface area (Å²) < 4.78 is 68.7. The number of hydrogen-bond donors (Lipinski definition) is 0. The standard InChI is InChI=1S/C14H9F5O/c15-11-2-1-3-13(7-11)20-8-9-4-10(14(17,18)19)6-12(16)5-9/h1-7H,8H2. The predicted molar refractivity (Wildman–Crippen MR) is 62.1 cm³/mol. The molecule has 0 spiro atoms. The van der Waals surface area contributed by atoms with Gasteiger partial charge < -0.3 is 4.74 Å². The molecule has 0 N–H and O–H groups in total. The molecule has 20 heavy (non-hydrogen) atoms. The minimum absolute atomic E-state index is 0.0154. The van der Waals surface area contributed by atoms with Crippen LogP contribution in [0.4, 0.5) is 22.0 Å². The van der Waals surface area contributed by atoms with E-state index in [1.807, 2.05) is 0 Å². The molecule has 2 aromatic carbocycles. The van der Waals surface area contributed by atoms with E-state index in [2.05, 4.69) is 0 Å². The Morgan fingerprint density at radius 3 is 2.30 bits per heavy atom. The zero-order chi connectivity index (χ0) is 14.8. The molecule has 0 aliphatic carbocycles. The molecule has 0 heterocycles. The van der Waals surface area contributed by atoms with Crippen molar-refractivity contribution in [2.24, 2.45) is 0 Å². The number of ether oxygens (including phenoxy) is 1. The molecule has 0 fully saturated rings. The zero-order valence-corrected chi connectivity index (χ0v) is 10.0. The van der Waals surface area contributed by atoms with E-state index in [-0.39, 0.29) is 17.9 Å². The lowest BCUT2D eigenvalue weighted by atomic mass is 10.1. The van der Waals surface area contributed by atoms with Crippen molar-refractivity contribution >= 4 is 0 Å². The fourth-order valence-corrected chi connectivity index (χ4v) is 1.62. The lowest BCUT2D eigenvalue weighted by Crippen LogP contribution is -2.07. The van der Waals surface area contributed by atoms with Crippen LogP contribution in [0.3, 0.4) is 0 Å². The predicted octanol–water partition coefficient (Wildman–Crippen LogP) is 4.56. The highest BCUT2D eigenvalue weighted by atomic mass is 19.4. The monoisotopic (exact) mass is 288 g/mol. The Hall–Kier alpha value is -2.11. The molecule has 106 valence electrons. The van der Waals surface area contributed by atoms with Gasteiger partial charge in [-0.25, -0.2) is 8.78 Å². The van der Waals surface area contributed by atoms with Crippen LogP contribution in [0, 0.1) is 11.6 Å². The summed E-state index contributed by atoms with van der Waals surface area (Å²) in [5.74, 6) is -1.38. The fourth-order valence-electron chi connectivity index (χ4n) is 1.62. The Morgan fingerprint density at radius 2 is 1.65 bits per heavy atom. The molecule has 0 unspecified atom stereocenters. The molecule has 0 amide bonds. The first-order valence-electron chi connectivity index (χ1n) is 5.59. The molecule has 0 radical (unpaired) electrons. The van der Waals surface area contributed by atoms with Gasteiger partial charge in [0.2, 0.25) is 0 Å². The van der Waals surface area contributed by atoms with Crippen LogP contribution < -0.4 is 4.74 Å². The summed E-state index contributed by atoms with van der Waals surface area (Å²) in [6.45, 7) is -0.287. The van der Waals surface area contributed by atoms with Crippen molar-refractivity contribution in [2.75, 3.05) is 0 Å². The molecule has 0 bridgehead atoms. The van der Waals surface area contributed by atoms with Crippen LogP contribution in [-0.2, 0) is 12.8 Å². The van der Waals surface area contributed by atoms with Crippen LogP contribution in [0.25, 0.3) is 0 Å². The highest BCUT2D eigenvalue weighted by molar-refractivity contribution is 5.28. The van der Waals surface area contributed by atoms with E-state index in [0.717, 1.165) is 18.2 Å². The highest BCUT2D eigenvalue weighted by Gasteiger charge is 2.31. The van der Waals surface area contributed by atoms with Gasteiger partial charge in [-0.1, -0.05) is 6.07 Å². The van der Waals surface area contributed by atoms with E-state index in [1.165, 1.54) is 18.2 Å². The van der Waals surface area contributed by atoms with Crippen molar-refractivity contribution in [1.29, 1.82) is 0 Å². The van der Waals surface area contributed by atoms with E-state index in [1.54, 1.807) is 0 Å². The van der Waals surface area contributed by atoms with Crippen LogP contribution in [-0.4, -0.2) is 0 Å². The van der Waals surface area contributed by atoms with E-state index < -0.39 is 23.4 Å². The SMILES string of the molecule is Fc1cccc(OCc2cc(F)cc(C(F)(F)F)c2)c1. The third kappa shape index (κ3) is 3.69. The summed E-state index contributed by atoms with van der Waals surface area (Å²) >= 11 is 0. The Morgan fingerprint density at radius 1 is 0.900 bits per heavy atom. The van der Waals surface area contributed by atoms with Crippen molar-refractivity contribution in [3.8, 4) is 5.75 Å². The molecule has 2 aromatic rings. The zero-order valence-electron chi connectivity index (χ0n) is 10.0. The summed E-state index contributed by atoms with van der Waals surface area (Å²) in [5, 5.41) is 0. The average Bonchev–Trinajstić information content (AvgIpc) is 2.35. The van der Waals surface area contributed by atoms with Crippen LogP contribution in [0.15, 0.2) is 42.5 Å². The number of rotatable bonds is 3. The second-order valence-corrected chi connectivity index (χ2v) is 4.09. The molecule has 0 saturated heterocycles. The maximum absolute atomic E-state index is 13.1. The van der Waals surface area contributed by atoms with Gasteiger partial charge in [-0.2, -0.15) is 13.2 Å². The van der Waals surface area contributed by atoms with Crippen molar-refractivity contribution in [1.82, 2.24) is 0 Å². The van der Waals surface area contributed by atoms with Crippen LogP contribution in [0.1, 0.15) is 11.1 Å². The Kier molecular flexibility index (Phi) is 3.92. The second kappa shape index (κ2) is 5.48. The second-order valence-electron chi connectivity index (χ2n) is 4.09. The van der Waals surface area contributed by atoms with Crippen molar-refractivity contribution in [3.63, 3.8) is 0 Å². The first-order chi connectivity index (χ1) is 9.34. The first-order valence-corrected chi connectivity index (χ1v) is 5.59. The molecule has 6 heteroatoms. The lowest BCUT2D eigenvalue weighted by molar-refractivity contribution is -0.137. The molecule has 0 aliphatic heterocycles. The number of benzene rings is 2. The van der Waals surface area contributed by atoms with Crippen molar-refractivity contribution in [3.05, 3.63) is 65.2 Å². The van der Waals surface area contributed by atoms with Gasteiger partial charge in [-0.05, 0) is 35.9 Å². The average molecular weight is 288 g/mol. The van der Waals surface area contributed by atoms with E-state index in [9.17, 15) is 22.0 Å². The molecule has 0 aromatic heterocycles. The summed E-state index contributed by atoms with van der Waals surface area (Å²) in [4.78, 5) is 0. The van der Waals surface area contributed by atoms with Gasteiger partial charge in [-0.3, -0.25) is 0 Å². The molecule has 1 nitrogen and oxygen atoms in total. The third-order valence-electron chi connectivity index (χ3n) is 2.49. The summed E-state index contributed by atoms with van der Waals surface area (Å²) in [6.07, 6.45) is -4.63. The summed E-state index contributed by atoms with van der Waals surface area (Å²) in [7, 11) is 0. The maximum Gasteiger partial charge on any atom is 0.416 e. The molecule has 0 atom stereocenters. The van der Waals surface area contributed by atoms with E-state index in [4.69, 9.17) is 4.74 Å². The van der Waals surface area contributed by atoms with Crippen LogP contribution >= 0.6 is 0 Å². The quantitative estimate of drug-likeness (QED) is 0.752. The topological polar surface area (TPSA) is 9.23 Å². The Bertz CT molecular complexity index is 607. The third-order valence-corrected chi connectivity index (χ3v) is 2.49. The summed E-state index contributed by atoms with van der Waals surface area (Å²) in [6, 6.07) is 7.29. The van der Waals surface area contributed by atoms with Gasteiger partial charge in [0.25, 0.3) is 0 Å². The number of hydrogen-bond acceptors (Lipinski definition) is 1. The normalized spacial score (nSPS) is 11.4. The Balaban J connectivity index is 2.16. The van der Waals surface area contributed by atoms with Gasteiger partial charge in [0.1, 0.15) is 24.0 Å². The molecular weight excluding hydrogens is 279 g/mol. The smallest absolute Gasteiger partial charge is 0.416 e. The molecule has 2 rings (SSSR count). The van der Waals surface area contributed by atoms with Gasteiger partial charge in [0.15, 0.2) is 0 Å². The minimum Gasteiger partial charge on any atom is -0.489 e. The van der Waals surface area contributed by atoms with Crippen LogP contribution in [0.2, 0.25) is 0 Å². The highest BCUT2D eigenvalue weighted by Crippen LogP contribution is 2.30. The van der Waals surface area contributed by atoms with Crippen LogP contribution in [0.5, 0.6) is 5.75 Å². The number of alkyl halides is 3. The number of halogens is 5. The van der Waals surface area contributed by atoms with E-state index in [0.29, 0.717) is 6.07 Å². The summed E-state index contributed by atoms with van der Waals surface area (Å²) in [5.41, 5.74) is -1.07. The maximum atomic E-state index is 13.1. The van der Waals surface area contributed by atoms with E-state index >= 15 is 0 Å². The Labute approximate surface area is 111 Å². The lowest BCUT2D eigenvalue weighted by Gasteiger charge is -2.10. The fraction of sp³-hybridized carbons (Fsp3) is 0.143. The molecule has 0 saturated carbocycles. The largest absolute Gasteiger partial charge is 0.489 e. The molecule has 0 aliphatic rings. The first kappa shape index (κ1) is 14.3. The van der Waals surface area contributed by atoms with Gasteiger partial charge >= 0.3 is 6.18 Å². The molecular formula is C14H9F5O. The van der Waals surface area contributed by atoms with Gasteiger partial charge in [0.05, 0.1) is 5.56 Å². The van der Waals surface area contributed by atoms with Gasteiger partial charge in [-0.15, -0.1) is 0 Å². The van der Waals surface area contributed by atoms with Crippen molar-refractivity contribution < 1.29 is 26.7 Å². The minimum atomic E-state index is -4.63. The van der Waals surface area contributed by atoms with Gasteiger partial charge in [0, 0.05) is 6.07 Å². The van der Waals surface area contributed by atoms with Crippen molar-refractivity contribution in [2.45, 2.75) is 12.8 Å².